The average Bonchev–Trinajstić information content (AvgIpc) is 3.04. The molecule has 7 heteroatoms. The first kappa shape index (κ1) is 20.2. The van der Waals surface area contributed by atoms with Gasteiger partial charge in [0.15, 0.2) is 0 Å². The Kier molecular flexibility index (Phi) is 5.66. The fourth-order valence-electron chi connectivity index (χ4n) is 3.46. The van der Waals surface area contributed by atoms with E-state index in [0.29, 0.717) is 22.7 Å². The standard InChI is InChI=1S/C24H21N3O4/c1-30-18-9-5-8-17(13-18)26-22-21(19-10-3-4-11-20(19)31-2)23(28)27(24(22)29)15-16-7-6-12-25-14-16/h3-14,26H,15H2,1-2H3. The van der Waals surface area contributed by atoms with Crippen LogP contribution in [-0.2, 0) is 16.1 Å². The molecule has 2 amide bonds. The van der Waals surface area contributed by atoms with Crippen LogP contribution in [0.3, 0.4) is 0 Å². The molecule has 0 saturated carbocycles. The number of hydrogen-bond donors (Lipinski definition) is 1. The Morgan fingerprint density at radius 2 is 1.77 bits per heavy atom. The van der Waals surface area contributed by atoms with Crippen molar-refractivity contribution in [2.24, 2.45) is 0 Å². The van der Waals surface area contributed by atoms with Crippen LogP contribution in [0.5, 0.6) is 11.5 Å². The number of anilines is 1. The van der Waals surface area contributed by atoms with Crippen molar-refractivity contribution in [3.63, 3.8) is 0 Å². The molecule has 2 heterocycles. The van der Waals surface area contributed by atoms with E-state index >= 15 is 0 Å². The second-order valence-electron chi connectivity index (χ2n) is 6.86. The first-order valence-corrected chi connectivity index (χ1v) is 9.66. The maximum absolute atomic E-state index is 13.4. The normalized spacial score (nSPS) is 13.5. The van der Waals surface area contributed by atoms with Gasteiger partial charge in [0, 0.05) is 29.7 Å². The van der Waals surface area contributed by atoms with Gasteiger partial charge in [0.1, 0.15) is 17.2 Å². The smallest absolute Gasteiger partial charge is 0.278 e. The Bertz CT molecular complexity index is 1160. The maximum Gasteiger partial charge on any atom is 0.278 e. The van der Waals surface area contributed by atoms with E-state index in [1.54, 1.807) is 68.0 Å². The van der Waals surface area contributed by atoms with Gasteiger partial charge in [-0.3, -0.25) is 19.5 Å². The van der Waals surface area contributed by atoms with E-state index in [2.05, 4.69) is 10.3 Å². The fraction of sp³-hybridized carbons (Fsp3) is 0.125. The molecule has 0 unspecified atom stereocenters. The van der Waals surface area contributed by atoms with Crippen LogP contribution in [0.4, 0.5) is 5.69 Å². The minimum absolute atomic E-state index is 0.118. The van der Waals surface area contributed by atoms with E-state index in [-0.39, 0.29) is 17.8 Å². The number of pyridine rings is 1. The number of carbonyl (C=O) groups excluding carboxylic acids is 2. The second-order valence-corrected chi connectivity index (χ2v) is 6.86. The van der Waals surface area contributed by atoms with Gasteiger partial charge in [0.25, 0.3) is 11.8 Å². The van der Waals surface area contributed by atoms with Crippen molar-refractivity contribution < 1.29 is 19.1 Å². The highest BCUT2D eigenvalue weighted by molar-refractivity contribution is 6.36. The average molecular weight is 415 g/mol. The number of rotatable bonds is 7. The first-order valence-electron chi connectivity index (χ1n) is 9.66. The molecule has 0 radical (unpaired) electrons. The Hall–Kier alpha value is -4.13. The molecule has 156 valence electrons. The molecular formula is C24H21N3O4. The SMILES string of the molecule is COc1cccc(NC2=C(c3ccccc3OC)C(=O)N(Cc3cccnc3)C2=O)c1. The molecule has 1 aliphatic heterocycles. The Morgan fingerprint density at radius 3 is 2.52 bits per heavy atom. The minimum atomic E-state index is -0.419. The maximum atomic E-state index is 13.4. The van der Waals surface area contributed by atoms with Crippen LogP contribution in [0.15, 0.2) is 78.8 Å². The third-order valence-electron chi connectivity index (χ3n) is 4.95. The number of carbonyl (C=O) groups is 2. The predicted molar refractivity (Wildman–Crippen MR) is 116 cm³/mol. The largest absolute Gasteiger partial charge is 0.497 e. The lowest BCUT2D eigenvalue weighted by atomic mass is 10.0. The molecule has 1 N–H and O–H groups in total. The highest BCUT2D eigenvalue weighted by atomic mass is 16.5. The van der Waals surface area contributed by atoms with Crippen LogP contribution >= 0.6 is 0 Å². The summed E-state index contributed by atoms with van der Waals surface area (Å²) in [7, 11) is 3.10. The van der Waals surface area contributed by atoms with E-state index in [1.807, 2.05) is 12.1 Å². The predicted octanol–water partition coefficient (Wildman–Crippen LogP) is 3.49. The van der Waals surface area contributed by atoms with Crippen molar-refractivity contribution in [1.82, 2.24) is 9.88 Å². The molecule has 0 saturated heterocycles. The number of benzene rings is 2. The van der Waals surface area contributed by atoms with Crippen LogP contribution in [0, 0.1) is 0 Å². The number of amides is 2. The van der Waals surface area contributed by atoms with E-state index in [4.69, 9.17) is 9.47 Å². The molecule has 0 bridgehead atoms. The van der Waals surface area contributed by atoms with Gasteiger partial charge in [0.2, 0.25) is 0 Å². The van der Waals surface area contributed by atoms with Gasteiger partial charge in [0.05, 0.1) is 26.3 Å². The van der Waals surface area contributed by atoms with Gasteiger partial charge in [-0.25, -0.2) is 0 Å². The molecule has 0 spiro atoms. The van der Waals surface area contributed by atoms with Crippen molar-refractivity contribution in [3.8, 4) is 11.5 Å². The van der Waals surface area contributed by atoms with Crippen LogP contribution < -0.4 is 14.8 Å². The number of nitrogens with one attached hydrogen (secondary N) is 1. The molecule has 2 aromatic carbocycles. The van der Waals surface area contributed by atoms with Gasteiger partial charge in [-0.1, -0.05) is 30.3 Å². The molecule has 4 rings (SSSR count). The van der Waals surface area contributed by atoms with Crippen LogP contribution in [0.2, 0.25) is 0 Å². The van der Waals surface area contributed by atoms with Gasteiger partial charge < -0.3 is 14.8 Å². The fourth-order valence-corrected chi connectivity index (χ4v) is 3.46. The molecule has 1 aromatic heterocycles. The summed E-state index contributed by atoms with van der Waals surface area (Å²) < 4.78 is 10.7. The summed E-state index contributed by atoms with van der Waals surface area (Å²) in [5.74, 6) is 0.321. The number of para-hydroxylation sites is 1. The number of ether oxygens (including phenoxy) is 2. The number of aromatic nitrogens is 1. The summed E-state index contributed by atoms with van der Waals surface area (Å²) in [4.78, 5) is 32.1. The first-order chi connectivity index (χ1) is 15.1. The van der Waals surface area contributed by atoms with Gasteiger partial charge in [-0.2, -0.15) is 0 Å². The lowest BCUT2D eigenvalue weighted by Gasteiger charge is -2.15. The Balaban J connectivity index is 1.78. The van der Waals surface area contributed by atoms with E-state index in [1.165, 1.54) is 12.0 Å². The summed E-state index contributed by atoms with van der Waals surface area (Å²) in [5, 5.41) is 3.13. The zero-order valence-electron chi connectivity index (χ0n) is 17.2. The highest BCUT2D eigenvalue weighted by Gasteiger charge is 2.40. The number of hydrogen-bond acceptors (Lipinski definition) is 6. The lowest BCUT2D eigenvalue weighted by Crippen LogP contribution is -2.32. The number of imide groups is 1. The van der Waals surface area contributed by atoms with Crippen LogP contribution in [-0.4, -0.2) is 35.9 Å². The molecule has 1 aliphatic rings. The van der Waals surface area contributed by atoms with E-state index < -0.39 is 11.8 Å². The number of nitrogens with zero attached hydrogens (tertiary/aromatic N) is 2. The molecule has 0 aliphatic carbocycles. The van der Waals surface area contributed by atoms with Gasteiger partial charge >= 0.3 is 0 Å². The zero-order chi connectivity index (χ0) is 21.8. The van der Waals surface area contributed by atoms with Crippen LogP contribution in [0.1, 0.15) is 11.1 Å². The Labute approximate surface area is 179 Å². The summed E-state index contributed by atoms with van der Waals surface area (Å²) >= 11 is 0. The molecule has 3 aromatic rings. The van der Waals surface area contributed by atoms with Crippen molar-refractivity contribution in [2.75, 3.05) is 19.5 Å². The topological polar surface area (TPSA) is 80.8 Å². The van der Waals surface area contributed by atoms with Gasteiger partial charge in [-0.05, 0) is 29.8 Å². The van der Waals surface area contributed by atoms with Crippen LogP contribution in [0.25, 0.3) is 5.57 Å². The highest BCUT2D eigenvalue weighted by Crippen LogP contribution is 2.36. The van der Waals surface area contributed by atoms with Crippen molar-refractivity contribution in [1.29, 1.82) is 0 Å². The van der Waals surface area contributed by atoms with E-state index in [0.717, 1.165) is 5.56 Å². The molecule has 7 nitrogen and oxygen atoms in total. The van der Waals surface area contributed by atoms with Crippen molar-refractivity contribution >= 4 is 23.1 Å². The van der Waals surface area contributed by atoms with Crippen molar-refractivity contribution in [3.05, 3.63) is 89.9 Å². The molecular weight excluding hydrogens is 394 g/mol. The van der Waals surface area contributed by atoms with Gasteiger partial charge in [-0.15, -0.1) is 0 Å². The molecule has 0 atom stereocenters. The molecule has 31 heavy (non-hydrogen) atoms. The number of methoxy groups -OCH3 is 2. The minimum Gasteiger partial charge on any atom is -0.497 e. The zero-order valence-corrected chi connectivity index (χ0v) is 17.2. The quantitative estimate of drug-likeness (QED) is 0.595. The second kappa shape index (κ2) is 8.71. The summed E-state index contributed by atoms with van der Waals surface area (Å²) in [6.45, 7) is 0.118. The molecule has 0 fully saturated rings. The van der Waals surface area contributed by atoms with Crippen molar-refractivity contribution in [2.45, 2.75) is 6.54 Å². The lowest BCUT2D eigenvalue weighted by molar-refractivity contribution is -0.137. The third-order valence-corrected chi connectivity index (χ3v) is 4.95. The van der Waals surface area contributed by atoms with E-state index in [9.17, 15) is 9.59 Å². The summed E-state index contributed by atoms with van der Waals surface area (Å²) in [6, 6.07) is 17.9. The summed E-state index contributed by atoms with van der Waals surface area (Å²) in [5.41, 5.74) is 2.38. The Morgan fingerprint density at radius 1 is 0.935 bits per heavy atom. The third kappa shape index (κ3) is 3.98. The monoisotopic (exact) mass is 415 g/mol. The summed E-state index contributed by atoms with van der Waals surface area (Å²) in [6.07, 6.45) is 3.28.